The zero-order chi connectivity index (χ0) is 17.8. The fourth-order valence-electron chi connectivity index (χ4n) is 4.19. The second kappa shape index (κ2) is 8.81. The molecule has 3 aliphatic heterocycles. The molecular weight excluding hydrogens is 316 g/mol. The van der Waals surface area contributed by atoms with E-state index in [0.29, 0.717) is 30.8 Å². The smallest absolute Gasteiger partial charge is 0.0829 e. The van der Waals surface area contributed by atoms with Gasteiger partial charge in [0.25, 0.3) is 0 Å². The van der Waals surface area contributed by atoms with Crippen molar-refractivity contribution in [2.24, 2.45) is 5.92 Å². The van der Waals surface area contributed by atoms with Gasteiger partial charge < -0.3 is 18.9 Å². The van der Waals surface area contributed by atoms with Crippen molar-refractivity contribution in [2.45, 2.75) is 82.4 Å². The highest BCUT2D eigenvalue weighted by Crippen LogP contribution is 2.33. The van der Waals surface area contributed by atoms with E-state index in [-0.39, 0.29) is 12.2 Å². The molecule has 0 radical (unpaired) electrons. The van der Waals surface area contributed by atoms with Crippen molar-refractivity contribution >= 4 is 0 Å². The summed E-state index contributed by atoms with van der Waals surface area (Å²) in [7, 11) is 1.76. The van der Waals surface area contributed by atoms with Crippen LogP contribution in [0, 0.1) is 5.92 Å². The van der Waals surface area contributed by atoms with Gasteiger partial charge in [0.2, 0.25) is 0 Å². The molecule has 6 atom stereocenters. The summed E-state index contributed by atoms with van der Waals surface area (Å²) in [5.41, 5.74) is 2.48. The van der Waals surface area contributed by atoms with E-state index in [9.17, 15) is 0 Å². The molecule has 0 amide bonds. The second-order valence-electron chi connectivity index (χ2n) is 8.04. The predicted molar refractivity (Wildman–Crippen MR) is 98.7 cm³/mol. The lowest BCUT2D eigenvalue weighted by Gasteiger charge is -2.30. The normalized spacial score (nSPS) is 39.3. The molecule has 3 aliphatic rings. The Balaban J connectivity index is 1.35. The Labute approximate surface area is 152 Å². The Kier molecular flexibility index (Phi) is 6.73. The summed E-state index contributed by atoms with van der Waals surface area (Å²) in [5, 5.41) is 0. The Morgan fingerprint density at radius 2 is 1.68 bits per heavy atom. The number of hydrogen-bond acceptors (Lipinski definition) is 4. The molecule has 142 valence electrons. The SMILES string of the molecule is C=C1CO[C@@H](CC[C@@H]2O[C@@H](CC[C@@H]3C[C@@H](OC)CO3)CC2=C)C[C@H]1C. The molecule has 0 spiro atoms. The van der Waals surface area contributed by atoms with Crippen LogP contribution in [0.2, 0.25) is 0 Å². The van der Waals surface area contributed by atoms with Crippen molar-refractivity contribution in [3.05, 3.63) is 24.3 Å². The number of rotatable bonds is 7. The van der Waals surface area contributed by atoms with Crippen LogP contribution in [-0.4, -0.2) is 50.8 Å². The highest BCUT2D eigenvalue weighted by atomic mass is 16.5. The van der Waals surface area contributed by atoms with Gasteiger partial charge in [-0.2, -0.15) is 0 Å². The minimum atomic E-state index is 0.199. The summed E-state index contributed by atoms with van der Waals surface area (Å²) < 4.78 is 23.3. The van der Waals surface area contributed by atoms with Gasteiger partial charge in [-0.1, -0.05) is 20.1 Å². The van der Waals surface area contributed by atoms with Gasteiger partial charge >= 0.3 is 0 Å². The summed E-state index contributed by atoms with van der Waals surface area (Å²) in [6.45, 7) is 12.0. The average Bonchev–Trinajstić information content (AvgIpc) is 3.20. The van der Waals surface area contributed by atoms with Gasteiger partial charge in [0.15, 0.2) is 0 Å². The van der Waals surface area contributed by atoms with Crippen molar-refractivity contribution in [1.82, 2.24) is 0 Å². The quantitative estimate of drug-likeness (QED) is 0.649. The molecule has 0 aromatic rings. The first-order valence-corrected chi connectivity index (χ1v) is 9.82. The van der Waals surface area contributed by atoms with E-state index in [0.717, 1.165) is 51.6 Å². The van der Waals surface area contributed by atoms with E-state index < -0.39 is 0 Å². The van der Waals surface area contributed by atoms with Crippen LogP contribution in [0.1, 0.15) is 51.9 Å². The molecule has 0 aromatic heterocycles. The summed E-state index contributed by atoms with van der Waals surface area (Å²) in [4.78, 5) is 0. The van der Waals surface area contributed by atoms with Crippen LogP contribution in [0.5, 0.6) is 0 Å². The largest absolute Gasteiger partial charge is 0.379 e. The summed E-state index contributed by atoms with van der Waals surface area (Å²) in [5.74, 6) is 0.571. The molecule has 25 heavy (non-hydrogen) atoms. The standard InChI is InChI=1S/C21H34O4/c1-14-9-17(23-12-16(14)3)7-8-21-15(2)10-19(25-21)6-5-18-11-20(22-4)13-24-18/h14,17-21H,2-3,5-13H2,1,4H3/t14-,17+,18-,19+,20-,21+/m1/s1. The fraction of sp³-hybridized carbons (Fsp3) is 0.810. The molecule has 0 saturated carbocycles. The monoisotopic (exact) mass is 350 g/mol. The van der Waals surface area contributed by atoms with Gasteiger partial charge in [0.05, 0.1) is 43.7 Å². The fourth-order valence-corrected chi connectivity index (χ4v) is 4.19. The van der Waals surface area contributed by atoms with E-state index in [4.69, 9.17) is 18.9 Å². The molecule has 4 nitrogen and oxygen atoms in total. The van der Waals surface area contributed by atoms with Crippen molar-refractivity contribution in [2.75, 3.05) is 20.3 Å². The molecule has 0 aliphatic carbocycles. The molecule has 0 unspecified atom stereocenters. The van der Waals surface area contributed by atoms with Crippen molar-refractivity contribution in [3.8, 4) is 0 Å². The molecule has 4 heteroatoms. The third-order valence-electron chi connectivity index (χ3n) is 6.06. The maximum atomic E-state index is 6.27. The molecule has 3 saturated heterocycles. The van der Waals surface area contributed by atoms with Crippen LogP contribution in [0.3, 0.4) is 0 Å². The molecular formula is C21H34O4. The van der Waals surface area contributed by atoms with Crippen molar-refractivity contribution < 1.29 is 18.9 Å². The number of hydrogen-bond donors (Lipinski definition) is 0. The minimum absolute atomic E-state index is 0.199. The molecule has 3 heterocycles. The molecule has 3 fully saturated rings. The molecule has 3 rings (SSSR count). The summed E-state index contributed by atoms with van der Waals surface area (Å²) >= 11 is 0. The number of ether oxygens (including phenoxy) is 4. The second-order valence-corrected chi connectivity index (χ2v) is 8.04. The Hall–Kier alpha value is -0.680. The highest BCUT2D eigenvalue weighted by molar-refractivity contribution is 5.10. The predicted octanol–water partition coefficient (Wildman–Crippen LogP) is 4.05. The zero-order valence-corrected chi connectivity index (χ0v) is 15.9. The minimum Gasteiger partial charge on any atom is -0.379 e. The third kappa shape index (κ3) is 5.16. The Bertz CT molecular complexity index is 475. The maximum absolute atomic E-state index is 6.27. The highest BCUT2D eigenvalue weighted by Gasteiger charge is 2.32. The lowest BCUT2D eigenvalue weighted by atomic mass is 9.91. The van der Waals surface area contributed by atoms with Crippen molar-refractivity contribution in [1.29, 1.82) is 0 Å². The van der Waals surface area contributed by atoms with Gasteiger partial charge in [-0.3, -0.25) is 0 Å². The van der Waals surface area contributed by atoms with Gasteiger partial charge in [-0.05, 0) is 55.6 Å². The van der Waals surface area contributed by atoms with E-state index in [1.54, 1.807) is 7.11 Å². The summed E-state index contributed by atoms with van der Waals surface area (Å²) in [6, 6.07) is 0. The van der Waals surface area contributed by atoms with Crippen LogP contribution in [0.15, 0.2) is 24.3 Å². The van der Waals surface area contributed by atoms with Gasteiger partial charge in [0.1, 0.15) is 0 Å². The first-order valence-electron chi connectivity index (χ1n) is 9.82. The maximum Gasteiger partial charge on any atom is 0.0829 e. The number of methoxy groups -OCH3 is 1. The van der Waals surface area contributed by atoms with Crippen molar-refractivity contribution in [3.63, 3.8) is 0 Å². The van der Waals surface area contributed by atoms with E-state index in [2.05, 4.69) is 20.1 Å². The Morgan fingerprint density at radius 3 is 2.40 bits per heavy atom. The topological polar surface area (TPSA) is 36.9 Å². The zero-order valence-electron chi connectivity index (χ0n) is 15.9. The Morgan fingerprint density at radius 1 is 0.960 bits per heavy atom. The van der Waals surface area contributed by atoms with E-state index >= 15 is 0 Å². The first kappa shape index (κ1) is 19.1. The lowest BCUT2D eigenvalue weighted by Crippen LogP contribution is -2.27. The lowest BCUT2D eigenvalue weighted by molar-refractivity contribution is -0.00359. The van der Waals surface area contributed by atoms with Crippen LogP contribution in [0.25, 0.3) is 0 Å². The summed E-state index contributed by atoms with van der Waals surface area (Å²) in [6.07, 6.45) is 8.69. The van der Waals surface area contributed by atoms with E-state index in [1.165, 1.54) is 11.1 Å². The van der Waals surface area contributed by atoms with Crippen LogP contribution >= 0.6 is 0 Å². The van der Waals surface area contributed by atoms with E-state index in [1.807, 2.05) is 0 Å². The molecule has 0 bridgehead atoms. The van der Waals surface area contributed by atoms with Gasteiger partial charge in [0, 0.05) is 13.5 Å². The van der Waals surface area contributed by atoms with Gasteiger partial charge in [-0.15, -0.1) is 0 Å². The van der Waals surface area contributed by atoms with Crippen LogP contribution in [0.4, 0.5) is 0 Å². The molecule has 0 aromatic carbocycles. The van der Waals surface area contributed by atoms with Gasteiger partial charge in [-0.25, -0.2) is 0 Å². The average molecular weight is 350 g/mol. The van der Waals surface area contributed by atoms with Crippen LogP contribution in [-0.2, 0) is 18.9 Å². The molecule has 0 N–H and O–H groups in total. The first-order chi connectivity index (χ1) is 12.0. The third-order valence-corrected chi connectivity index (χ3v) is 6.06. The van der Waals surface area contributed by atoms with Crippen LogP contribution < -0.4 is 0 Å².